The molecule has 0 spiro atoms. The Hall–Kier alpha value is -0.770. The molecule has 1 aliphatic heterocycles. The van der Waals surface area contributed by atoms with Crippen molar-refractivity contribution in [2.45, 2.75) is 25.2 Å². The van der Waals surface area contributed by atoms with Crippen LogP contribution in [0.15, 0.2) is 18.2 Å². The number of rotatable bonds is 3. The van der Waals surface area contributed by atoms with Crippen LogP contribution in [-0.4, -0.2) is 35.6 Å². The molecule has 1 saturated heterocycles. The highest BCUT2D eigenvalue weighted by Gasteiger charge is 2.47. The van der Waals surface area contributed by atoms with Gasteiger partial charge in [0, 0.05) is 25.6 Å². The summed E-state index contributed by atoms with van der Waals surface area (Å²) >= 11 is 12.3. The van der Waals surface area contributed by atoms with Crippen LogP contribution in [0.3, 0.4) is 0 Å². The fourth-order valence-corrected chi connectivity index (χ4v) is 3.72. The molecule has 21 heavy (non-hydrogen) atoms. The van der Waals surface area contributed by atoms with Gasteiger partial charge in [-0.3, -0.25) is 4.79 Å². The minimum atomic E-state index is 0.0263. The SMILES string of the molecule is O=C(C1CC1c1cccc(Cl)c1Cl)N1CCCC(CO)C1. The van der Waals surface area contributed by atoms with Crippen molar-refractivity contribution < 1.29 is 9.90 Å². The standard InChI is InChI=1S/C16H19Cl2NO2/c17-14-5-1-4-11(15(14)18)12-7-13(12)16(21)19-6-2-3-10(8-19)9-20/h1,4-5,10,12-13,20H,2-3,6-9H2. The van der Waals surface area contributed by atoms with E-state index in [9.17, 15) is 9.90 Å². The van der Waals surface area contributed by atoms with Gasteiger partial charge in [-0.25, -0.2) is 0 Å². The van der Waals surface area contributed by atoms with E-state index in [0.717, 1.165) is 31.4 Å². The van der Waals surface area contributed by atoms with Gasteiger partial charge in [0.15, 0.2) is 0 Å². The summed E-state index contributed by atoms with van der Waals surface area (Å²) in [7, 11) is 0. The molecule has 2 aliphatic rings. The van der Waals surface area contributed by atoms with Gasteiger partial charge in [-0.1, -0.05) is 35.3 Å². The molecule has 1 aromatic carbocycles. The number of aliphatic hydroxyl groups excluding tert-OH is 1. The molecule has 3 rings (SSSR count). The number of hydrogen-bond donors (Lipinski definition) is 1. The van der Waals surface area contributed by atoms with Crippen molar-refractivity contribution in [3.63, 3.8) is 0 Å². The monoisotopic (exact) mass is 327 g/mol. The Kier molecular flexibility index (Phi) is 4.43. The summed E-state index contributed by atoms with van der Waals surface area (Å²) in [6.45, 7) is 1.65. The molecule has 1 amide bonds. The second-order valence-electron chi connectivity index (χ2n) is 6.07. The number of piperidine rings is 1. The second kappa shape index (κ2) is 6.15. The molecule has 5 heteroatoms. The van der Waals surface area contributed by atoms with Crippen molar-refractivity contribution in [3.05, 3.63) is 33.8 Å². The van der Waals surface area contributed by atoms with Crippen molar-refractivity contribution >= 4 is 29.1 Å². The summed E-state index contributed by atoms with van der Waals surface area (Å²) in [4.78, 5) is 14.5. The highest BCUT2D eigenvalue weighted by Crippen LogP contribution is 2.51. The van der Waals surface area contributed by atoms with Crippen molar-refractivity contribution in [3.8, 4) is 0 Å². The molecule has 3 nitrogen and oxygen atoms in total. The molecule has 2 fully saturated rings. The van der Waals surface area contributed by atoms with E-state index in [1.807, 2.05) is 17.0 Å². The first-order valence-corrected chi connectivity index (χ1v) is 8.21. The third kappa shape index (κ3) is 3.05. The maximum Gasteiger partial charge on any atom is 0.226 e. The summed E-state index contributed by atoms with van der Waals surface area (Å²) < 4.78 is 0. The summed E-state index contributed by atoms with van der Waals surface area (Å²) in [5, 5.41) is 10.4. The molecular weight excluding hydrogens is 309 g/mol. The van der Waals surface area contributed by atoms with Crippen molar-refractivity contribution in [2.24, 2.45) is 11.8 Å². The maximum atomic E-state index is 12.6. The second-order valence-corrected chi connectivity index (χ2v) is 6.85. The number of amides is 1. The molecule has 0 radical (unpaired) electrons. The van der Waals surface area contributed by atoms with Crippen LogP contribution in [0.2, 0.25) is 10.0 Å². The van der Waals surface area contributed by atoms with E-state index in [-0.39, 0.29) is 30.3 Å². The van der Waals surface area contributed by atoms with Gasteiger partial charge >= 0.3 is 0 Å². The molecule has 1 N–H and O–H groups in total. The first-order valence-electron chi connectivity index (χ1n) is 7.45. The number of carbonyl (C=O) groups is 1. The van der Waals surface area contributed by atoms with Gasteiger partial charge in [-0.05, 0) is 42.7 Å². The largest absolute Gasteiger partial charge is 0.396 e. The molecule has 0 aromatic heterocycles. The number of nitrogens with zero attached hydrogens (tertiary/aromatic N) is 1. The van der Waals surface area contributed by atoms with Crippen LogP contribution in [0.5, 0.6) is 0 Å². The van der Waals surface area contributed by atoms with E-state index in [1.54, 1.807) is 6.07 Å². The van der Waals surface area contributed by atoms with Crippen molar-refractivity contribution in [1.29, 1.82) is 0 Å². The smallest absolute Gasteiger partial charge is 0.226 e. The molecule has 0 bridgehead atoms. The van der Waals surface area contributed by atoms with Gasteiger partial charge in [0.05, 0.1) is 10.0 Å². The number of carbonyl (C=O) groups excluding carboxylic acids is 1. The lowest BCUT2D eigenvalue weighted by Gasteiger charge is -2.32. The van der Waals surface area contributed by atoms with Crippen LogP contribution < -0.4 is 0 Å². The minimum absolute atomic E-state index is 0.0263. The van der Waals surface area contributed by atoms with Gasteiger partial charge in [0.1, 0.15) is 0 Å². The highest BCUT2D eigenvalue weighted by molar-refractivity contribution is 6.42. The van der Waals surface area contributed by atoms with Crippen LogP contribution in [0.25, 0.3) is 0 Å². The summed E-state index contributed by atoms with van der Waals surface area (Å²) in [6, 6.07) is 5.61. The van der Waals surface area contributed by atoms with E-state index in [1.165, 1.54) is 0 Å². The number of benzene rings is 1. The number of likely N-dealkylation sites (tertiary alicyclic amines) is 1. The van der Waals surface area contributed by atoms with Crippen LogP contribution >= 0.6 is 23.2 Å². The van der Waals surface area contributed by atoms with E-state index in [0.29, 0.717) is 16.6 Å². The molecule has 1 heterocycles. The Bertz CT molecular complexity index is 549. The highest BCUT2D eigenvalue weighted by atomic mass is 35.5. The topological polar surface area (TPSA) is 40.5 Å². The lowest BCUT2D eigenvalue weighted by Crippen LogP contribution is -2.41. The Labute approximate surface area is 134 Å². The zero-order valence-corrected chi connectivity index (χ0v) is 13.3. The summed E-state index contributed by atoms with van der Waals surface area (Å²) in [5.74, 6) is 0.653. The first kappa shape index (κ1) is 15.1. The van der Waals surface area contributed by atoms with Crippen LogP contribution in [0, 0.1) is 11.8 Å². The normalized spacial score (nSPS) is 28.5. The van der Waals surface area contributed by atoms with E-state index in [2.05, 4.69) is 0 Å². The average molecular weight is 328 g/mol. The van der Waals surface area contributed by atoms with Crippen molar-refractivity contribution in [2.75, 3.05) is 19.7 Å². The Morgan fingerprint density at radius 1 is 1.38 bits per heavy atom. The Morgan fingerprint density at radius 3 is 2.95 bits per heavy atom. The molecule has 3 unspecified atom stereocenters. The average Bonchev–Trinajstić information content (AvgIpc) is 3.29. The fourth-order valence-electron chi connectivity index (χ4n) is 3.27. The van der Waals surface area contributed by atoms with E-state index < -0.39 is 0 Å². The van der Waals surface area contributed by atoms with E-state index >= 15 is 0 Å². The third-order valence-electron chi connectivity index (χ3n) is 4.58. The number of aliphatic hydroxyl groups is 1. The van der Waals surface area contributed by atoms with E-state index in [4.69, 9.17) is 23.2 Å². The van der Waals surface area contributed by atoms with Gasteiger partial charge < -0.3 is 10.0 Å². The zero-order valence-electron chi connectivity index (χ0n) is 11.8. The Morgan fingerprint density at radius 2 is 2.19 bits per heavy atom. The molecule has 1 saturated carbocycles. The van der Waals surface area contributed by atoms with Gasteiger partial charge in [0.2, 0.25) is 5.91 Å². The molecule has 114 valence electrons. The minimum Gasteiger partial charge on any atom is -0.396 e. The van der Waals surface area contributed by atoms with Crippen LogP contribution in [0.4, 0.5) is 0 Å². The molecular formula is C16H19Cl2NO2. The van der Waals surface area contributed by atoms with Crippen molar-refractivity contribution in [1.82, 2.24) is 4.90 Å². The van der Waals surface area contributed by atoms with Gasteiger partial charge in [-0.15, -0.1) is 0 Å². The van der Waals surface area contributed by atoms with Crippen LogP contribution in [-0.2, 0) is 4.79 Å². The summed E-state index contributed by atoms with van der Waals surface area (Å²) in [6.07, 6.45) is 2.83. The maximum absolute atomic E-state index is 12.6. The zero-order chi connectivity index (χ0) is 15.0. The molecule has 1 aromatic rings. The molecule has 3 atom stereocenters. The predicted octanol–water partition coefficient (Wildman–Crippen LogP) is 3.33. The fraction of sp³-hybridized carbons (Fsp3) is 0.562. The predicted molar refractivity (Wildman–Crippen MR) is 83.7 cm³/mol. The third-order valence-corrected chi connectivity index (χ3v) is 5.41. The lowest BCUT2D eigenvalue weighted by atomic mass is 9.98. The Balaban J connectivity index is 1.67. The number of hydrogen-bond acceptors (Lipinski definition) is 2. The number of halogens is 2. The lowest BCUT2D eigenvalue weighted by molar-refractivity contribution is -0.134. The van der Waals surface area contributed by atoms with Crippen LogP contribution in [0.1, 0.15) is 30.7 Å². The van der Waals surface area contributed by atoms with Gasteiger partial charge in [-0.2, -0.15) is 0 Å². The molecule has 1 aliphatic carbocycles. The summed E-state index contributed by atoms with van der Waals surface area (Å²) in [5.41, 5.74) is 0.984. The first-order chi connectivity index (χ1) is 10.1. The van der Waals surface area contributed by atoms with Gasteiger partial charge in [0.25, 0.3) is 0 Å². The quantitative estimate of drug-likeness (QED) is 0.925.